The Balaban J connectivity index is 1.43. The number of halogens is 3. The highest BCUT2D eigenvalue weighted by Crippen LogP contribution is 2.47. The Morgan fingerprint density at radius 3 is 2.53 bits per heavy atom. The maximum absolute atomic E-state index is 14.4. The highest BCUT2D eigenvalue weighted by Gasteiger charge is 2.52. The largest absolute Gasteiger partial charge is 0.390 e. The Hall–Kier alpha value is -3.14. The summed E-state index contributed by atoms with van der Waals surface area (Å²) >= 11 is 0. The highest BCUT2D eigenvalue weighted by atomic mass is 19.1. The number of pyridine rings is 2. The van der Waals surface area contributed by atoms with Crippen LogP contribution in [0.5, 0.6) is 0 Å². The first-order valence-corrected chi connectivity index (χ1v) is 11.8. The third kappa shape index (κ3) is 4.54. The molecule has 0 spiro atoms. The van der Waals surface area contributed by atoms with Crippen molar-refractivity contribution in [3.8, 4) is 11.3 Å². The number of hydrogen-bond donors (Lipinski definition) is 2. The number of Topliss-reactive ketones (excluding diaryl/α,β-unsaturated/α-hetero) is 1. The van der Waals surface area contributed by atoms with Crippen LogP contribution < -0.4 is 0 Å². The van der Waals surface area contributed by atoms with Crippen molar-refractivity contribution in [2.45, 2.75) is 56.5 Å². The zero-order valence-electron chi connectivity index (χ0n) is 19.5. The Morgan fingerprint density at radius 2 is 1.83 bits per heavy atom. The second-order valence-electron chi connectivity index (χ2n) is 9.66. The average Bonchev–Trinajstić information content (AvgIpc) is 3.67. The van der Waals surface area contributed by atoms with Gasteiger partial charge in [0.2, 0.25) is 0 Å². The van der Waals surface area contributed by atoms with E-state index in [9.17, 15) is 28.2 Å². The fourth-order valence-electron chi connectivity index (χ4n) is 4.85. The minimum atomic E-state index is -1.38. The topological polar surface area (TPSA) is 92.5 Å². The van der Waals surface area contributed by atoms with Crippen LogP contribution in [-0.2, 0) is 11.2 Å². The van der Waals surface area contributed by atoms with E-state index in [4.69, 9.17) is 4.74 Å². The molecule has 188 valence electrons. The van der Waals surface area contributed by atoms with Gasteiger partial charge in [0.15, 0.2) is 5.78 Å². The van der Waals surface area contributed by atoms with Gasteiger partial charge >= 0.3 is 0 Å². The van der Waals surface area contributed by atoms with Crippen molar-refractivity contribution in [2.24, 2.45) is 5.92 Å². The molecule has 0 bridgehead atoms. The number of aromatic nitrogens is 2. The molecule has 5 rings (SSSR count). The molecule has 3 heterocycles. The van der Waals surface area contributed by atoms with E-state index in [0.29, 0.717) is 11.1 Å². The van der Waals surface area contributed by atoms with Gasteiger partial charge in [-0.1, -0.05) is 6.07 Å². The van der Waals surface area contributed by atoms with Gasteiger partial charge in [-0.3, -0.25) is 9.78 Å². The van der Waals surface area contributed by atoms with Gasteiger partial charge in [-0.25, -0.2) is 18.2 Å². The number of benzene rings is 1. The van der Waals surface area contributed by atoms with Gasteiger partial charge < -0.3 is 14.9 Å². The van der Waals surface area contributed by atoms with E-state index in [1.165, 1.54) is 6.20 Å². The third-order valence-corrected chi connectivity index (χ3v) is 7.02. The summed E-state index contributed by atoms with van der Waals surface area (Å²) in [4.78, 5) is 21.2. The number of ketones is 1. The molecule has 36 heavy (non-hydrogen) atoms. The smallest absolute Gasteiger partial charge is 0.185 e. The number of carbonyl (C=O) groups excluding carboxylic acids is 1. The summed E-state index contributed by atoms with van der Waals surface area (Å²) in [7, 11) is 0. The standard InChI is InChI=1S/C27H25F3N2O4/c1-27(35)23(34)12-22(36-26(27)14-5-6-14)16-9-10-31-13-15(16)11-21(33)20-8-7-19(30)25(32-20)24-17(28)3-2-4-18(24)29/h2-4,7-10,13-14,22-23,26,34-35H,5-6,11-12H2,1H3/t22-,23-,26-,27+/m0/s1. The molecule has 1 saturated carbocycles. The van der Waals surface area contributed by atoms with Crippen LogP contribution >= 0.6 is 0 Å². The quantitative estimate of drug-likeness (QED) is 0.492. The van der Waals surface area contributed by atoms with Crippen LogP contribution in [-0.4, -0.2) is 43.8 Å². The van der Waals surface area contributed by atoms with E-state index in [-0.39, 0.29) is 24.5 Å². The molecule has 2 fully saturated rings. The van der Waals surface area contributed by atoms with Crippen molar-refractivity contribution >= 4 is 5.78 Å². The molecule has 1 saturated heterocycles. The molecule has 3 aromatic rings. The molecule has 0 amide bonds. The lowest BCUT2D eigenvalue weighted by Gasteiger charge is -2.45. The molecule has 1 aromatic carbocycles. The van der Waals surface area contributed by atoms with E-state index >= 15 is 0 Å². The highest BCUT2D eigenvalue weighted by molar-refractivity contribution is 5.96. The monoisotopic (exact) mass is 498 g/mol. The van der Waals surface area contributed by atoms with Gasteiger partial charge in [0.1, 0.15) is 34.4 Å². The minimum Gasteiger partial charge on any atom is -0.390 e. The third-order valence-electron chi connectivity index (χ3n) is 7.02. The number of rotatable bonds is 6. The van der Waals surface area contributed by atoms with E-state index < -0.39 is 58.4 Å². The van der Waals surface area contributed by atoms with Crippen molar-refractivity contribution in [1.82, 2.24) is 9.97 Å². The van der Waals surface area contributed by atoms with Crippen LogP contribution in [0, 0.1) is 23.4 Å². The fourth-order valence-corrected chi connectivity index (χ4v) is 4.85. The molecule has 2 N–H and O–H groups in total. The maximum Gasteiger partial charge on any atom is 0.185 e. The van der Waals surface area contributed by atoms with Crippen LogP contribution in [0.15, 0.2) is 48.8 Å². The zero-order chi connectivity index (χ0) is 25.6. The molecule has 0 radical (unpaired) electrons. The van der Waals surface area contributed by atoms with Crippen molar-refractivity contribution in [3.05, 3.63) is 83.1 Å². The van der Waals surface area contributed by atoms with E-state index in [0.717, 1.165) is 43.2 Å². The molecule has 2 aromatic heterocycles. The van der Waals surface area contributed by atoms with Crippen molar-refractivity contribution in [3.63, 3.8) is 0 Å². The average molecular weight is 499 g/mol. The normalized spacial score (nSPS) is 26.1. The van der Waals surface area contributed by atoms with Gasteiger partial charge in [-0.15, -0.1) is 0 Å². The van der Waals surface area contributed by atoms with Crippen LogP contribution in [0.1, 0.15) is 53.9 Å². The Kier molecular flexibility index (Phi) is 6.40. The van der Waals surface area contributed by atoms with Crippen molar-refractivity contribution in [1.29, 1.82) is 0 Å². The van der Waals surface area contributed by atoms with E-state index in [2.05, 4.69) is 9.97 Å². The fraction of sp³-hybridized carbons (Fsp3) is 0.370. The molecule has 9 heteroatoms. The molecular formula is C27H25F3N2O4. The summed E-state index contributed by atoms with van der Waals surface area (Å²) in [5.41, 5.74) is -1.61. The lowest BCUT2D eigenvalue weighted by atomic mass is 9.81. The first-order chi connectivity index (χ1) is 17.2. The van der Waals surface area contributed by atoms with Crippen molar-refractivity contribution in [2.75, 3.05) is 0 Å². The van der Waals surface area contributed by atoms with Gasteiger partial charge in [-0.05, 0) is 67.1 Å². The van der Waals surface area contributed by atoms with E-state index in [1.807, 2.05) is 0 Å². The first-order valence-electron chi connectivity index (χ1n) is 11.8. The Bertz CT molecular complexity index is 1290. The Morgan fingerprint density at radius 1 is 1.11 bits per heavy atom. The maximum atomic E-state index is 14.4. The number of nitrogens with zero attached hydrogens (tertiary/aromatic N) is 2. The van der Waals surface area contributed by atoms with Gasteiger partial charge in [0.25, 0.3) is 0 Å². The number of ether oxygens (including phenoxy) is 1. The molecule has 0 unspecified atom stereocenters. The van der Waals surface area contributed by atoms with Gasteiger partial charge in [-0.2, -0.15) is 0 Å². The van der Waals surface area contributed by atoms with Crippen LogP contribution in [0.3, 0.4) is 0 Å². The summed E-state index contributed by atoms with van der Waals surface area (Å²) in [6.07, 6.45) is 2.69. The van der Waals surface area contributed by atoms with E-state index in [1.54, 1.807) is 19.2 Å². The molecule has 2 aliphatic rings. The van der Waals surface area contributed by atoms with Crippen LogP contribution in [0.4, 0.5) is 13.2 Å². The summed E-state index contributed by atoms with van der Waals surface area (Å²) in [6, 6.07) is 6.94. The van der Waals surface area contributed by atoms with Crippen LogP contribution in [0.25, 0.3) is 11.3 Å². The van der Waals surface area contributed by atoms with Crippen molar-refractivity contribution < 1.29 is 32.9 Å². The number of aliphatic hydroxyl groups excluding tert-OH is 1. The molecular weight excluding hydrogens is 473 g/mol. The van der Waals surface area contributed by atoms with Gasteiger partial charge in [0, 0.05) is 25.2 Å². The van der Waals surface area contributed by atoms with Gasteiger partial charge in [0.05, 0.1) is 23.9 Å². The number of aliphatic hydroxyl groups is 2. The number of hydrogen-bond acceptors (Lipinski definition) is 6. The predicted molar refractivity (Wildman–Crippen MR) is 123 cm³/mol. The summed E-state index contributed by atoms with van der Waals surface area (Å²) in [5.74, 6) is -3.29. The molecule has 1 aliphatic heterocycles. The number of carbonyl (C=O) groups is 1. The summed E-state index contributed by atoms with van der Waals surface area (Å²) in [6.45, 7) is 1.57. The second kappa shape index (κ2) is 9.38. The summed E-state index contributed by atoms with van der Waals surface area (Å²) < 4.78 is 49.2. The molecule has 1 aliphatic carbocycles. The molecule has 4 atom stereocenters. The zero-order valence-corrected chi connectivity index (χ0v) is 19.5. The molecule has 6 nitrogen and oxygen atoms in total. The SMILES string of the molecule is C[C@@]1(O)[C@@H](O)C[C@@H](c2ccncc2CC(=O)c2ccc(F)c(-c3c(F)cccc3F)n2)O[C@H]1C1CC1. The van der Waals surface area contributed by atoms with Crippen LogP contribution in [0.2, 0.25) is 0 Å². The lowest BCUT2D eigenvalue weighted by molar-refractivity contribution is -0.227. The minimum absolute atomic E-state index is 0.132. The lowest BCUT2D eigenvalue weighted by Crippen LogP contribution is -2.56. The summed E-state index contributed by atoms with van der Waals surface area (Å²) in [5, 5.41) is 21.4. The predicted octanol–water partition coefficient (Wildman–Crippen LogP) is 4.34. The first kappa shape index (κ1) is 24.5. The Labute approximate surface area is 205 Å². The second-order valence-corrected chi connectivity index (χ2v) is 9.66.